The molecule has 1 aliphatic heterocycles. The molecule has 0 saturated carbocycles. The first-order chi connectivity index (χ1) is 14.8. The Labute approximate surface area is 181 Å². The number of nitrogens with one attached hydrogen (secondary N) is 2. The summed E-state index contributed by atoms with van der Waals surface area (Å²) in [6, 6.07) is 10.6. The quantitative estimate of drug-likeness (QED) is 0.662. The lowest BCUT2D eigenvalue weighted by molar-refractivity contribution is -0.122. The van der Waals surface area contributed by atoms with Crippen molar-refractivity contribution in [2.24, 2.45) is 0 Å². The zero-order valence-electron chi connectivity index (χ0n) is 17.5. The molecule has 1 heterocycles. The summed E-state index contributed by atoms with van der Waals surface area (Å²) in [5.74, 6) is 0.529. The molecule has 0 spiro atoms. The van der Waals surface area contributed by atoms with E-state index in [-0.39, 0.29) is 42.4 Å². The molecule has 9 nitrogen and oxygen atoms in total. The van der Waals surface area contributed by atoms with Crippen LogP contribution in [0.3, 0.4) is 0 Å². The average Bonchev–Trinajstić information content (AvgIpc) is 2.78. The molecular formula is C21H25N3O6S. The van der Waals surface area contributed by atoms with Crippen molar-refractivity contribution in [3.8, 4) is 11.5 Å². The van der Waals surface area contributed by atoms with Gasteiger partial charge in [0.25, 0.3) is 5.91 Å². The number of sulfonamides is 1. The maximum absolute atomic E-state index is 12.7. The van der Waals surface area contributed by atoms with Crippen molar-refractivity contribution in [3.63, 3.8) is 0 Å². The summed E-state index contributed by atoms with van der Waals surface area (Å²) in [5, 5.41) is 5.47. The van der Waals surface area contributed by atoms with E-state index in [2.05, 4.69) is 10.6 Å². The molecule has 0 radical (unpaired) electrons. The van der Waals surface area contributed by atoms with Gasteiger partial charge in [0, 0.05) is 30.3 Å². The Balaban J connectivity index is 1.72. The summed E-state index contributed by atoms with van der Waals surface area (Å²) in [6.45, 7) is 2.08. The third-order valence-electron chi connectivity index (χ3n) is 5.01. The molecule has 1 fully saturated rings. The van der Waals surface area contributed by atoms with Gasteiger partial charge in [-0.15, -0.1) is 0 Å². The molecule has 2 aromatic carbocycles. The van der Waals surface area contributed by atoms with Gasteiger partial charge >= 0.3 is 0 Å². The van der Waals surface area contributed by atoms with Gasteiger partial charge in [-0.05, 0) is 43.3 Å². The normalized spacial score (nSPS) is 15.6. The van der Waals surface area contributed by atoms with Crippen LogP contribution in [0.4, 0.5) is 0 Å². The Morgan fingerprint density at radius 3 is 2.45 bits per heavy atom. The molecule has 1 saturated heterocycles. The Bertz CT molecular complexity index is 1070. The zero-order chi connectivity index (χ0) is 22.6. The second kappa shape index (κ2) is 9.36. The largest absolute Gasteiger partial charge is 0.497 e. The molecule has 2 N–H and O–H groups in total. The highest BCUT2D eigenvalue weighted by Gasteiger charge is 2.29. The lowest BCUT2D eigenvalue weighted by atomic mass is 10.1. The summed E-state index contributed by atoms with van der Waals surface area (Å²) in [5.41, 5.74) is 1.09. The van der Waals surface area contributed by atoms with Crippen LogP contribution < -0.4 is 20.1 Å². The van der Waals surface area contributed by atoms with Gasteiger partial charge in [0.15, 0.2) is 0 Å². The third kappa shape index (κ3) is 4.97. The maximum Gasteiger partial charge on any atom is 0.251 e. The number of piperazine rings is 1. The average molecular weight is 448 g/mol. The number of nitrogens with zero attached hydrogens (tertiary/aromatic N) is 1. The number of amides is 2. The van der Waals surface area contributed by atoms with Gasteiger partial charge in [0.2, 0.25) is 15.9 Å². The fourth-order valence-corrected chi connectivity index (χ4v) is 4.68. The molecule has 2 amide bonds. The van der Waals surface area contributed by atoms with Crippen molar-refractivity contribution in [3.05, 3.63) is 53.6 Å². The van der Waals surface area contributed by atoms with E-state index in [1.165, 1.54) is 31.4 Å². The van der Waals surface area contributed by atoms with Crippen LogP contribution in [0.5, 0.6) is 11.5 Å². The van der Waals surface area contributed by atoms with Gasteiger partial charge < -0.3 is 20.1 Å². The Kier molecular flexibility index (Phi) is 6.81. The van der Waals surface area contributed by atoms with Crippen molar-refractivity contribution in [1.82, 2.24) is 14.9 Å². The minimum absolute atomic E-state index is 0.0311. The summed E-state index contributed by atoms with van der Waals surface area (Å²) >= 11 is 0. The van der Waals surface area contributed by atoms with Gasteiger partial charge in [-0.1, -0.05) is 0 Å². The maximum atomic E-state index is 12.7. The summed E-state index contributed by atoms with van der Waals surface area (Å²) in [4.78, 5) is 24.2. The minimum Gasteiger partial charge on any atom is -0.497 e. The summed E-state index contributed by atoms with van der Waals surface area (Å²) < 4.78 is 37.1. The van der Waals surface area contributed by atoms with E-state index >= 15 is 0 Å². The number of methoxy groups -OCH3 is 2. The number of benzene rings is 2. The molecule has 10 heteroatoms. The van der Waals surface area contributed by atoms with Gasteiger partial charge in [0.1, 0.15) is 11.5 Å². The number of carbonyl (C=O) groups is 2. The molecule has 3 rings (SSSR count). The Hall–Kier alpha value is -3.11. The van der Waals surface area contributed by atoms with Crippen LogP contribution in [0, 0.1) is 0 Å². The van der Waals surface area contributed by atoms with Crippen molar-refractivity contribution in [2.75, 3.05) is 33.9 Å². The predicted octanol–water partition coefficient (Wildman–Crippen LogP) is 1.32. The fourth-order valence-electron chi connectivity index (χ4n) is 3.28. The van der Waals surface area contributed by atoms with E-state index in [4.69, 9.17) is 9.47 Å². The van der Waals surface area contributed by atoms with E-state index in [0.29, 0.717) is 17.1 Å². The van der Waals surface area contributed by atoms with Crippen molar-refractivity contribution < 1.29 is 27.5 Å². The monoisotopic (exact) mass is 447 g/mol. The molecule has 2 aromatic rings. The third-order valence-corrected chi connectivity index (χ3v) is 6.87. The van der Waals surface area contributed by atoms with Crippen LogP contribution in [0.1, 0.15) is 28.9 Å². The van der Waals surface area contributed by atoms with E-state index < -0.39 is 10.0 Å². The van der Waals surface area contributed by atoms with Crippen LogP contribution in [0.15, 0.2) is 47.4 Å². The number of rotatable bonds is 7. The second-order valence-corrected chi connectivity index (χ2v) is 8.95. The predicted molar refractivity (Wildman–Crippen MR) is 114 cm³/mol. The van der Waals surface area contributed by atoms with E-state index in [1.807, 2.05) is 13.0 Å². The molecule has 0 aromatic heterocycles. The molecule has 1 unspecified atom stereocenters. The first kappa shape index (κ1) is 22.6. The number of hydrogen-bond donors (Lipinski definition) is 2. The van der Waals surface area contributed by atoms with Gasteiger partial charge in [-0.25, -0.2) is 8.42 Å². The van der Waals surface area contributed by atoms with Crippen LogP contribution >= 0.6 is 0 Å². The van der Waals surface area contributed by atoms with Crippen LogP contribution in [-0.2, 0) is 14.8 Å². The SMILES string of the molecule is COc1ccc(C(C)NC(=O)c2ccc(S(=O)(=O)N3CCNC(=O)C3)cc2)c(OC)c1. The Morgan fingerprint density at radius 2 is 1.84 bits per heavy atom. The topological polar surface area (TPSA) is 114 Å². The van der Waals surface area contributed by atoms with E-state index in [0.717, 1.165) is 9.87 Å². The van der Waals surface area contributed by atoms with Crippen LogP contribution in [-0.4, -0.2) is 58.4 Å². The molecule has 0 aliphatic carbocycles. The highest BCUT2D eigenvalue weighted by molar-refractivity contribution is 7.89. The minimum atomic E-state index is -3.81. The molecule has 1 aliphatic rings. The molecule has 166 valence electrons. The number of carbonyl (C=O) groups excluding carboxylic acids is 2. The second-order valence-electron chi connectivity index (χ2n) is 7.02. The highest BCUT2D eigenvalue weighted by atomic mass is 32.2. The van der Waals surface area contributed by atoms with Gasteiger partial charge in [0.05, 0.1) is 31.7 Å². The van der Waals surface area contributed by atoms with Crippen LogP contribution in [0.25, 0.3) is 0 Å². The van der Waals surface area contributed by atoms with Crippen molar-refractivity contribution >= 4 is 21.8 Å². The standard InChI is InChI=1S/C21H25N3O6S/c1-14(18-9-6-16(29-2)12-19(18)30-3)23-21(26)15-4-7-17(8-5-15)31(27,28)24-11-10-22-20(25)13-24/h4-9,12,14H,10-11,13H2,1-3H3,(H,22,25)(H,23,26). The lowest BCUT2D eigenvalue weighted by Gasteiger charge is -2.25. The molecule has 1 atom stereocenters. The summed E-state index contributed by atoms with van der Waals surface area (Å²) in [6.07, 6.45) is 0. The first-order valence-corrected chi connectivity index (χ1v) is 11.1. The smallest absolute Gasteiger partial charge is 0.251 e. The lowest BCUT2D eigenvalue weighted by Crippen LogP contribution is -2.49. The fraction of sp³-hybridized carbons (Fsp3) is 0.333. The Morgan fingerprint density at radius 1 is 1.13 bits per heavy atom. The molecular weight excluding hydrogens is 422 g/mol. The highest BCUT2D eigenvalue weighted by Crippen LogP contribution is 2.29. The number of ether oxygens (including phenoxy) is 2. The molecule has 0 bridgehead atoms. The van der Waals surface area contributed by atoms with Crippen molar-refractivity contribution in [2.45, 2.75) is 17.9 Å². The summed E-state index contributed by atoms with van der Waals surface area (Å²) in [7, 11) is -0.708. The van der Waals surface area contributed by atoms with Gasteiger partial charge in [-0.2, -0.15) is 4.31 Å². The first-order valence-electron chi connectivity index (χ1n) is 9.66. The zero-order valence-corrected chi connectivity index (χ0v) is 18.4. The van der Waals surface area contributed by atoms with Crippen LogP contribution in [0.2, 0.25) is 0 Å². The van der Waals surface area contributed by atoms with Crippen molar-refractivity contribution in [1.29, 1.82) is 0 Å². The molecule has 31 heavy (non-hydrogen) atoms. The van der Waals surface area contributed by atoms with E-state index in [1.54, 1.807) is 19.2 Å². The number of hydrogen-bond acceptors (Lipinski definition) is 6. The van der Waals surface area contributed by atoms with E-state index in [9.17, 15) is 18.0 Å². The van der Waals surface area contributed by atoms with Gasteiger partial charge in [-0.3, -0.25) is 9.59 Å².